The summed E-state index contributed by atoms with van der Waals surface area (Å²) in [6, 6.07) is 55.3. The summed E-state index contributed by atoms with van der Waals surface area (Å²) < 4.78 is 9.06. The second kappa shape index (κ2) is 9.82. The van der Waals surface area contributed by atoms with Crippen molar-refractivity contribution in [2.45, 2.75) is 0 Å². The van der Waals surface area contributed by atoms with Crippen molar-refractivity contribution in [2.24, 2.45) is 0 Å². The largest absolute Gasteiger partial charge is 0.454 e. The summed E-state index contributed by atoms with van der Waals surface area (Å²) in [6.45, 7) is 0. The Morgan fingerprint density at radius 2 is 1.05 bits per heavy atom. The van der Waals surface area contributed by atoms with Gasteiger partial charge in [-0.15, -0.1) is 0 Å². The lowest BCUT2D eigenvalue weighted by Crippen LogP contribution is -1.94. The van der Waals surface area contributed by atoms with Gasteiger partial charge in [-0.1, -0.05) is 115 Å². The predicted molar refractivity (Wildman–Crippen MR) is 182 cm³/mol. The Balaban J connectivity index is 1.47. The first-order valence-electron chi connectivity index (χ1n) is 14.9. The maximum Gasteiger partial charge on any atom is 0.160 e. The number of aromatic nitrogens is 2. The van der Waals surface area contributed by atoms with Gasteiger partial charge in [-0.2, -0.15) is 0 Å². The molecule has 0 fully saturated rings. The zero-order valence-electron chi connectivity index (χ0n) is 23.8. The second-order valence-electron chi connectivity index (χ2n) is 11.2. The Morgan fingerprint density at radius 1 is 0.477 bits per heavy atom. The normalized spacial score (nSPS) is 11.6. The van der Waals surface area contributed by atoms with Gasteiger partial charge in [-0.25, -0.2) is 4.98 Å². The summed E-state index contributed by atoms with van der Waals surface area (Å²) in [5, 5.41) is 4.56. The van der Waals surface area contributed by atoms with Crippen molar-refractivity contribution in [3.63, 3.8) is 0 Å². The van der Waals surface area contributed by atoms with Crippen molar-refractivity contribution in [3.05, 3.63) is 158 Å². The van der Waals surface area contributed by atoms with E-state index in [0.717, 1.165) is 72.3 Å². The highest BCUT2D eigenvalue weighted by Crippen LogP contribution is 2.46. The van der Waals surface area contributed by atoms with E-state index in [0.29, 0.717) is 0 Å². The zero-order chi connectivity index (χ0) is 29.0. The van der Waals surface area contributed by atoms with E-state index in [4.69, 9.17) is 9.40 Å². The molecule has 0 saturated carbocycles. The highest BCUT2D eigenvalue weighted by atomic mass is 16.3. The Hall–Kier alpha value is -5.93. The molecule has 0 radical (unpaired) electrons. The first kappa shape index (κ1) is 24.6. The molecule has 6 aromatic carbocycles. The van der Waals surface area contributed by atoms with Gasteiger partial charge in [-0.05, 0) is 53.6 Å². The number of nitrogens with zero attached hydrogens (tertiary/aromatic N) is 2. The fourth-order valence-electron chi connectivity index (χ4n) is 6.60. The second-order valence-corrected chi connectivity index (χ2v) is 11.2. The summed E-state index contributed by atoms with van der Waals surface area (Å²) in [5.74, 6) is 0. The molecule has 9 rings (SSSR count). The van der Waals surface area contributed by atoms with Gasteiger partial charge >= 0.3 is 0 Å². The first-order valence-corrected chi connectivity index (χ1v) is 14.9. The standard InChI is InChI=1S/C41H26N2O/c1-4-14-27(15-5-1)35-24-29(25-36(42-35)28-16-6-2-7-17-28)33-26-34-31-20-11-13-23-38(31)44-41(34)40-39(33)32-21-10-12-22-37(32)43(40)30-18-8-3-9-19-30/h1-26H. The Kier molecular flexibility index (Phi) is 5.50. The lowest BCUT2D eigenvalue weighted by Gasteiger charge is -2.13. The maximum absolute atomic E-state index is 6.70. The molecule has 3 nitrogen and oxygen atoms in total. The lowest BCUT2D eigenvalue weighted by molar-refractivity contribution is 0.671. The molecule has 0 N–H and O–H groups in total. The van der Waals surface area contributed by atoms with Crippen LogP contribution in [0, 0.1) is 0 Å². The topological polar surface area (TPSA) is 31.0 Å². The van der Waals surface area contributed by atoms with Crippen LogP contribution in [0.5, 0.6) is 0 Å². The molecule has 0 spiro atoms. The first-order chi connectivity index (χ1) is 21.8. The molecule has 0 saturated heterocycles. The van der Waals surface area contributed by atoms with Crippen LogP contribution in [-0.2, 0) is 0 Å². The van der Waals surface area contributed by atoms with E-state index < -0.39 is 0 Å². The Bertz CT molecular complexity index is 2420. The van der Waals surface area contributed by atoms with Gasteiger partial charge in [0.1, 0.15) is 5.58 Å². The lowest BCUT2D eigenvalue weighted by atomic mass is 9.94. The predicted octanol–water partition coefficient (Wildman–Crippen LogP) is 11.1. The van der Waals surface area contributed by atoms with E-state index in [1.165, 1.54) is 10.8 Å². The highest BCUT2D eigenvalue weighted by Gasteiger charge is 2.23. The van der Waals surface area contributed by atoms with E-state index in [-0.39, 0.29) is 0 Å². The Morgan fingerprint density at radius 3 is 1.73 bits per heavy atom. The fraction of sp³-hybridized carbons (Fsp3) is 0. The van der Waals surface area contributed by atoms with Crippen LogP contribution in [0.3, 0.4) is 0 Å². The Labute approximate surface area is 254 Å². The van der Waals surface area contributed by atoms with E-state index in [2.05, 4.69) is 144 Å². The monoisotopic (exact) mass is 562 g/mol. The number of hydrogen-bond acceptors (Lipinski definition) is 2. The minimum absolute atomic E-state index is 0.885. The molecule has 3 heterocycles. The molecule has 0 aliphatic heterocycles. The van der Waals surface area contributed by atoms with Gasteiger partial charge in [0.15, 0.2) is 5.58 Å². The number of para-hydroxylation sites is 3. The summed E-state index contributed by atoms with van der Waals surface area (Å²) in [7, 11) is 0. The number of rotatable bonds is 4. The number of fused-ring (bicyclic) bond motifs is 7. The molecule has 0 aliphatic carbocycles. The van der Waals surface area contributed by atoms with Crippen LogP contribution >= 0.6 is 0 Å². The average molecular weight is 563 g/mol. The van der Waals surface area contributed by atoms with E-state index in [9.17, 15) is 0 Å². The van der Waals surface area contributed by atoms with Crippen molar-refractivity contribution in [1.82, 2.24) is 9.55 Å². The van der Waals surface area contributed by atoms with Crippen molar-refractivity contribution >= 4 is 43.7 Å². The van der Waals surface area contributed by atoms with E-state index >= 15 is 0 Å². The van der Waals surface area contributed by atoms with Crippen LogP contribution in [0.2, 0.25) is 0 Å². The summed E-state index contributed by atoms with van der Waals surface area (Å²) in [4.78, 5) is 5.17. The van der Waals surface area contributed by atoms with Crippen LogP contribution in [0.1, 0.15) is 0 Å². The SMILES string of the molecule is c1ccc(-c2cc(-c3cc4c5ccccc5oc4c4c3c3ccccc3n4-c3ccccc3)cc(-c3ccccc3)n2)cc1. The summed E-state index contributed by atoms with van der Waals surface area (Å²) in [5.41, 5.74) is 11.4. The summed E-state index contributed by atoms with van der Waals surface area (Å²) >= 11 is 0. The van der Waals surface area contributed by atoms with E-state index in [1.807, 2.05) is 18.2 Å². The molecule has 3 aromatic heterocycles. The van der Waals surface area contributed by atoms with Crippen molar-refractivity contribution in [3.8, 4) is 39.3 Å². The molecule has 3 heteroatoms. The quantitative estimate of drug-likeness (QED) is 0.214. The molecule has 0 amide bonds. The third-order valence-corrected chi connectivity index (χ3v) is 8.57. The van der Waals surface area contributed by atoms with Crippen LogP contribution in [0.15, 0.2) is 162 Å². The van der Waals surface area contributed by atoms with Crippen molar-refractivity contribution in [1.29, 1.82) is 0 Å². The van der Waals surface area contributed by atoms with Crippen LogP contribution in [-0.4, -0.2) is 9.55 Å². The van der Waals surface area contributed by atoms with Crippen molar-refractivity contribution in [2.75, 3.05) is 0 Å². The van der Waals surface area contributed by atoms with E-state index in [1.54, 1.807) is 0 Å². The number of benzene rings is 6. The molecule has 0 bridgehead atoms. The molecular weight excluding hydrogens is 536 g/mol. The van der Waals surface area contributed by atoms with Crippen LogP contribution in [0.25, 0.3) is 83.1 Å². The molecule has 0 aliphatic rings. The third kappa shape index (κ3) is 3.80. The molecule has 0 unspecified atom stereocenters. The van der Waals surface area contributed by atoms with Crippen LogP contribution < -0.4 is 0 Å². The molecule has 9 aromatic rings. The van der Waals surface area contributed by atoms with Crippen molar-refractivity contribution < 1.29 is 4.42 Å². The maximum atomic E-state index is 6.70. The molecule has 0 atom stereocenters. The highest BCUT2D eigenvalue weighted by molar-refractivity contribution is 6.26. The zero-order valence-corrected chi connectivity index (χ0v) is 23.8. The fourth-order valence-corrected chi connectivity index (χ4v) is 6.60. The molecular formula is C41H26N2O. The van der Waals surface area contributed by atoms with Gasteiger partial charge in [0, 0.05) is 38.4 Å². The number of pyridine rings is 1. The molecule has 206 valence electrons. The van der Waals surface area contributed by atoms with Gasteiger partial charge < -0.3 is 8.98 Å². The summed E-state index contributed by atoms with van der Waals surface area (Å²) in [6.07, 6.45) is 0. The number of hydrogen-bond donors (Lipinski definition) is 0. The van der Waals surface area contributed by atoms with Gasteiger partial charge in [0.2, 0.25) is 0 Å². The minimum atomic E-state index is 0.885. The van der Waals surface area contributed by atoms with Gasteiger partial charge in [-0.3, -0.25) is 0 Å². The van der Waals surface area contributed by atoms with Crippen LogP contribution in [0.4, 0.5) is 0 Å². The third-order valence-electron chi connectivity index (χ3n) is 8.57. The molecule has 44 heavy (non-hydrogen) atoms. The number of furan rings is 1. The minimum Gasteiger partial charge on any atom is -0.454 e. The van der Waals surface area contributed by atoms with Gasteiger partial charge in [0.05, 0.1) is 22.4 Å². The smallest absolute Gasteiger partial charge is 0.160 e. The van der Waals surface area contributed by atoms with Gasteiger partial charge in [0.25, 0.3) is 0 Å². The average Bonchev–Trinajstić information content (AvgIpc) is 3.65.